The minimum atomic E-state index is -0.686. The highest BCUT2D eigenvalue weighted by Gasteiger charge is 2.36. The molecule has 1 aliphatic rings. The molecule has 4 atom stereocenters. The van der Waals surface area contributed by atoms with Gasteiger partial charge in [-0.3, -0.25) is 4.90 Å². The Morgan fingerprint density at radius 2 is 1.83 bits per heavy atom. The Hall–Kier alpha value is -0.460. The number of likely N-dealkylation sites (tertiary alicyclic amines) is 1. The summed E-state index contributed by atoms with van der Waals surface area (Å²) in [5, 5.41) is 19.3. The summed E-state index contributed by atoms with van der Waals surface area (Å²) in [6.07, 6.45) is -1.37. The molecular weight excluding hydrogens is 296 g/mol. The van der Waals surface area contributed by atoms with Crippen molar-refractivity contribution in [2.45, 2.75) is 31.2 Å². The summed E-state index contributed by atoms with van der Waals surface area (Å²) in [7, 11) is 0. The topological polar surface area (TPSA) is 69.7 Å². The van der Waals surface area contributed by atoms with Gasteiger partial charge in [-0.2, -0.15) is 0 Å². The van der Waals surface area contributed by atoms with Crippen LogP contribution in [0.5, 0.6) is 0 Å². The van der Waals surface area contributed by atoms with Crippen LogP contribution in [0.4, 0.5) is 0 Å². The van der Waals surface area contributed by atoms with Crippen molar-refractivity contribution in [2.75, 3.05) is 13.1 Å². The molecule has 18 heavy (non-hydrogen) atoms. The summed E-state index contributed by atoms with van der Waals surface area (Å²) in [5.74, 6) is 0. The molecule has 1 aromatic rings. The predicted octanol–water partition coefficient (Wildman–Crippen LogP) is 0.875. The Morgan fingerprint density at radius 3 is 2.33 bits per heavy atom. The van der Waals surface area contributed by atoms with E-state index in [9.17, 15) is 10.2 Å². The smallest absolute Gasteiger partial charge is 0.0938 e. The molecule has 2 rings (SSSR count). The number of β-amino-alcohol motifs (C(OH)–C–C–N with tert-alkyl or cyclic N) is 2. The van der Waals surface area contributed by atoms with Crippen LogP contribution < -0.4 is 5.73 Å². The van der Waals surface area contributed by atoms with Gasteiger partial charge in [0.1, 0.15) is 0 Å². The Labute approximate surface area is 116 Å². The van der Waals surface area contributed by atoms with E-state index >= 15 is 0 Å². The van der Waals surface area contributed by atoms with Crippen LogP contribution in [-0.4, -0.2) is 46.5 Å². The molecule has 1 aliphatic heterocycles. The van der Waals surface area contributed by atoms with E-state index < -0.39 is 12.2 Å². The average molecular weight is 315 g/mol. The van der Waals surface area contributed by atoms with Gasteiger partial charge >= 0.3 is 0 Å². The van der Waals surface area contributed by atoms with E-state index in [2.05, 4.69) is 15.9 Å². The molecule has 1 aromatic carbocycles. The lowest BCUT2D eigenvalue weighted by Crippen LogP contribution is -2.39. The molecule has 0 aliphatic carbocycles. The number of benzene rings is 1. The first-order valence-corrected chi connectivity index (χ1v) is 6.90. The molecule has 4 N–H and O–H groups in total. The summed E-state index contributed by atoms with van der Waals surface area (Å²) in [6, 6.07) is 7.84. The van der Waals surface area contributed by atoms with Crippen LogP contribution in [-0.2, 0) is 0 Å². The maximum absolute atomic E-state index is 9.67. The lowest BCUT2D eigenvalue weighted by Gasteiger charge is -2.31. The second-order valence-electron chi connectivity index (χ2n) is 4.91. The third kappa shape index (κ3) is 2.75. The van der Waals surface area contributed by atoms with E-state index in [1.165, 1.54) is 0 Å². The molecule has 100 valence electrons. The summed E-state index contributed by atoms with van der Waals surface area (Å²) >= 11 is 3.54. The Balaban J connectivity index is 2.27. The molecule has 1 heterocycles. The van der Waals surface area contributed by atoms with Crippen LogP contribution in [0.3, 0.4) is 0 Å². The van der Waals surface area contributed by atoms with E-state index in [0.29, 0.717) is 13.1 Å². The molecular formula is C13H19BrN2O2. The first-order chi connectivity index (χ1) is 8.50. The van der Waals surface area contributed by atoms with Crippen LogP contribution >= 0.6 is 15.9 Å². The van der Waals surface area contributed by atoms with Crippen molar-refractivity contribution in [3.63, 3.8) is 0 Å². The molecule has 0 bridgehead atoms. The standard InChI is InChI=1S/C13H19BrN2O2/c1-8(15)13(9-4-2-3-5-10(9)14)16-6-11(17)12(18)7-16/h2-5,8,11-13,17-18H,6-7,15H2,1H3. The Bertz CT molecular complexity index is 404. The number of nitrogens with two attached hydrogens (primary N) is 1. The highest BCUT2D eigenvalue weighted by atomic mass is 79.9. The van der Waals surface area contributed by atoms with Crippen LogP contribution in [0, 0.1) is 0 Å². The zero-order valence-electron chi connectivity index (χ0n) is 10.3. The number of nitrogens with zero attached hydrogens (tertiary/aromatic N) is 1. The first-order valence-electron chi connectivity index (χ1n) is 6.11. The number of aliphatic hydroxyl groups excluding tert-OH is 2. The molecule has 5 heteroatoms. The average Bonchev–Trinajstić information content (AvgIpc) is 2.61. The van der Waals surface area contributed by atoms with Gasteiger partial charge in [0.15, 0.2) is 0 Å². The molecule has 4 nitrogen and oxygen atoms in total. The van der Waals surface area contributed by atoms with Gasteiger partial charge in [-0.25, -0.2) is 0 Å². The largest absolute Gasteiger partial charge is 0.389 e. The van der Waals surface area contributed by atoms with Crippen molar-refractivity contribution in [3.8, 4) is 0 Å². The minimum Gasteiger partial charge on any atom is -0.389 e. The van der Waals surface area contributed by atoms with E-state index in [-0.39, 0.29) is 12.1 Å². The van der Waals surface area contributed by atoms with E-state index in [1.54, 1.807) is 0 Å². The second kappa shape index (κ2) is 5.67. The molecule has 0 radical (unpaired) electrons. The monoisotopic (exact) mass is 314 g/mol. The lowest BCUT2D eigenvalue weighted by atomic mass is 9.99. The van der Waals surface area contributed by atoms with Crippen molar-refractivity contribution in [2.24, 2.45) is 5.73 Å². The van der Waals surface area contributed by atoms with Gasteiger partial charge in [0.2, 0.25) is 0 Å². The maximum atomic E-state index is 9.67. The van der Waals surface area contributed by atoms with Crippen LogP contribution in [0.25, 0.3) is 0 Å². The predicted molar refractivity (Wildman–Crippen MR) is 74.1 cm³/mol. The first kappa shape index (κ1) is 14.0. The zero-order valence-corrected chi connectivity index (χ0v) is 11.9. The fourth-order valence-electron chi connectivity index (χ4n) is 2.55. The summed E-state index contributed by atoms with van der Waals surface area (Å²) in [5.41, 5.74) is 7.17. The third-order valence-corrected chi connectivity index (χ3v) is 4.12. The van der Waals surface area contributed by atoms with Crippen molar-refractivity contribution >= 4 is 15.9 Å². The molecule has 0 spiro atoms. The van der Waals surface area contributed by atoms with E-state index in [1.807, 2.05) is 36.1 Å². The Kier molecular flexibility index (Phi) is 4.40. The summed E-state index contributed by atoms with van der Waals surface area (Å²) < 4.78 is 1.00. The highest BCUT2D eigenvalue weighted by molar-refractivity contribution is 9.10. The number of rotatable bonds is 3. The van der Waals surface area contributed by atoms with Gasteiger partial charge in [-0.15, -0.1) is 0 Å². The van der Waals surface area contributed by atoms with Gasteiger partial charge in [0.05, 0.1) is 18.2 Å². The summed E-state index contributed by atoms with van der Waals surface area (Å²) in [6.45, 7) is 2.85. The van der Waals surface area contributed by atoms with Crippen LogP contribution in [0.2, 0.25) is 0 Å². The minimum absolute atomic E-state index is 0.00706. The molecule has 0 saturated carbocycles. The highest BCUT2D eigenvalue weighted by Crippen LogP contribution is 2.32. The number of halogens is 1. The van der Waals surface area contributed by atoms with Crippen LogP contribution in [0.15, 0.2) is 28.7 Å². The van der Waals surface area contributed by atoms with Crippen molar-refractivity contribution < 1.29 is 10.2 Å². The lowest BCUT2D eigenvalue weighted by molar-refractivity contribution is 0.0572. The number of aliphatic hydroxyl groups is 2. The zero-order chi connectivity index (χ0) is 13.3. The second-order valence-corrected chi connectivity index (χ2v) is 5.77. The quantitative estimate of drug-likeness (QED) is 0.774. The van der Waals surface area contributed by atoms with Crippen molar-refractivity contribution in [3.05, 3.63) is 34.3 Å². The van der Waals surface area contributed by atoms with E-state index in [4.69, 9.17) is 5.73 Å². The van der Waals surface area contributed by atoms with Gasteiger partial charge in [-0.1, -0.05) is 34.1 Å². The Morgan fingerprint density at radius 1 is 1.28 bits per heavy atom. The summed E-state index contributed by atoms with van der Waals surface area (Å²) in [4.78, 5) is 2.04. The van der Waals surface area contributed by atoms with Gasteiger partial charge in [-0.05, 0) is 18.6 Å². The molecule has 1 fully saturated rings. The molecule has 1 saturated heterocycles. The number of hydrogen-bond donors (Lipinski definition) is 3. The van der Waals surface area contributed by atoms with Gasteiger partial charge < -0.3 is 15.9 Å². The van der Waals surface area contributed by atoms with Crippen molar-refractivity contribution in [1.29, 1.82) is 0 Å². The fourth-order valence-corrected chi connectivity index (χ4v) is 3.07. The van der Waals surface area contributed by atoms with Gasteiger partial charge in [0, 0.05) is 23.6 Å². The normalized spacial score (nSPS) is 28.3. The SMILES string of the molecule is CC(N)C(c1ccccc1Br)N1CC(O)C(O)C1. The fraction of sp³-hybridized carbons (Fsp3) is 0.538. The molecule has 0 aromatic heterocycles. The molecule has 0 amide bonds. The van der Waals surface area contributed by atoms with Crippen molar-refractivity contribution in [1.82, 2.24) is 4.90 Å². The van der Waals surface area contributed by atoms with Gasteiger partial charge in [0.25, 0.3) is 0 Å². The van der Waals surface area contributed by atoms with Crippen LogP contribution in [0.1, 0.15) is 18.5 Å². The maximum Gasteiger partial charge on any atom is 0.0938 e. The number of hydrogen-bond acceptors (Lipinski definition) is 4. The molecule has 4 unspecified atom stereocenters. The van der Waals surface area contributed by atoms with E-state index in [0.717, 1.165) is 10.0 Å². The third-order valence-electron chi connectivity index (χ3n) is 3.40.